The molecule has 110 valence electrons. The van der Waals surface area contributed by atoms with Crippen LogP contribution in [0.15, 0.2) is 37.1 Å². The number of hydrogen-bond donors (Lipinski definition) is 4. The molecule has 0 bridgehead atoms. The van der Waals surface area contributed by atoms with Gasteiger partial charge in [-0.15, -0.1) is 0 Å². The van der Waals surface area contributed by atoms with Crippen LogP contribution >= 0.6 is 0 Å². The van der Waals surface area contributed by atoms with Crippen molar-refractivity contribution in [2.24, 2.45) is 0 Å². The molecule has 3 aromatic heterocycles. The van der Waals surface area contributed by atoms with Gasteiger partial charge >= 0.3 is 0 Å². The van der Waals surface area contributed by atoms with E-state index in [9.17, 15) is 5.11 Å². The number of aromatic amines is 2. The van der Waals surface area contributed by atoms with Crippen LogP contribution in [0.5, 0.6) is 5.75 Å². The Balaban J connectivity index is 1.70. The summed E-state index contributed by atoms with van der Waals surface area (Å²) in [7, 11) is 0. The summed E-state index contributed by atoms with van der Waals surface area (Å²) in [5.41, 5.74) is 2.74. The second-order valence-electron chi connectivity index (χ2n) is 5.05. The van der Waals surface area contributed by atoms with E-state index in [1.165, 1.54) is 6.33 Å². The number of imidazole rings is 1. The number of nitrogens with zero attached hydrogens (tertiary/aromatic N) is 3. The number of rotatable bonds is 4. The van der Waals surface area contributed by atoms with Gasteiger partial charge in [0.05, 0.1) is 11.7 Å². The summed E-state index contributed by atoms with van der Waals surface area (Å²) in [6, 6.07) is 5.20. The number of aromatic nitrogens is 5. The Labute approximate surface area is 125 Å². The van der Waals surface area contributed by atoms with Crippen LogP contribution in [0.25, 0.3) is 21.9 Å². The summed E-state index contributed by atoms with van der Waals surface area (Å²) in [6.45, 7) is 0.722. The van der Waals surface area contributed by atoms with Crippen LogP contribution in [0, 0.1) is 0 Å². The first-order valence-corrected chi connectivity index (χ1v) is 6.98. The fraction of sp³-hybridized carbons (Fsp3) is 0.133. The fourth-order valence-electron chi connectivity index (χ4n) is 2.58. The van der Waals surface area contributed by atoms with E-state index in [0.717, 1.165) is 46.4 Å². The summed E-state index contributed by atoms with van der Waals surface area (Å²) in [5.74, 6) is 0.974. The number of fused-ring (bicyclic) bond motifs is 3. The molecule has 0 spiro atoms. The largest absolute Gasteiger partial charge is 0.508 e. The van der Waals surface area contributed by atoms with Gasteiger partial charge in [0.2, 0.25) is 0 Å². The molecule has 1 aromatic carbocycles. The number of hydrogen-bond acceptors (Lipinski definition) is 5. The van der Waals surface area contributed by atoms with E-state index in [1.807, 2.05) is 6.07 Å². The lowest BCUT2D eigenvalue weighted by Crippen LogP contribution is -2.07. The normalized spacial score (nSPS) is 11.3. The molecule has 7 nitrogen and oxygen atoms in total. The van der Waals surface area contributed by atoms with E-state index < -0.39 is 0 Å². The molecule has 0 aliphatic carbocycles. The number of aromatic hydroxyl groups is 1. The smallest absolute Gasteiger partial charge is 0.143 e. The first-order valence-electron chi connectivity index (χ1n) is 6.98. The average Bonchev–Trinajstić information content (AvgIpc) is 3.14. The Morgan fingerprint density at radius 3 is 3.05 bits per heavy atom. The maximum atomic E-state index is 9.71. The first-order chi connectivity index (χ1) is 10.8. The lowest BCUT2D eigenvalue weighted by molar-refractivity contribution is 0.476. The Kier molecular flexibility index (Phi) is 2.89. The van der Waals surface area contributed by atoms with Gasteiger partial charge in [0.15, 0.2) is 0 Å². The third-order valence-corrected chi connectivity index (χ3v) is 3.61. The molecule has 0 radical (unpaired) electrons. The predicted octanol–water partition coefficient (Wildman–Crippen LogP) is 2.19. The van der Waals surface area contributed by atoms with E-state index in [2.05, 4.69) is 30.2 Å². The number of benzene rings is 1. The maximum Gasteiger partial charge on any atom is 0.143 e. The summed E-state index contributed by atoms with van der Waals surface area (Å²) in [4.78, 5) is 18.9. The topological polar surface area (TPSA) is 103 Å². The lowest BCUT2D eigenvalue weighted by atomic mass is 10.2. The van der Waals surface area contributed by atoms with Crippen molar-refractivity contribution in [1.29, 1.82) is 0 Å². The zero-order valence-corrected chi connectivity index (χ0v) is 11.7. The minimum absolute atomic E-state index is 0.223. The zero-order valence-electron chi connectivity index (χ0n) is 11.7. The minimum Gasteiger partial charge on any atom is -0.508 e. The molecule has 0 aliphatic rings. The zero-order chi connectivity index (χ0) is 14.9. The highest BCUT2D eigenvalue weighted by atomic mass is 16.3. The predicted molar refractivity (Wildman–Crippen MR) is 83.8 cm³/mol. The van der Waals surface area contributed by atoms with Gasteiger partial charge in [0.1, 0.15) is 23.5 Å². The highest BCUT2D eigenvalue weighted by Gasteiger charge is 2.11. The van der Waals surface area contributed by atoms with Crippen molar-refractivity contribution < 1.29 is 5.11 Å². The summed E-state index contributed by atoms with van der Waals surface area (Å²) >= 11 is 0. The molecule has 0 unspecified atom stereocenters. The molecule has 4 N–H and O–H groups in total. The molecule has 22 heavy (non-hydrogen) atoms. The second-order valence-corrected chi connectivity index (χ2v) is 5.05. The molecule has 0 saturated heterocycles. The molecule has 4 aromatic rings. The molecule has 0 amide bonds. The van der Waals surface area contributed by atoms with Crippen LogP contribution in [0.2, 0.25) is 0 Å². The molecule has 4 rings (SSSR count). The van der Waals surface area contributed by atoms with Gasteiger partial charge < -0.3 is 20.4 Å². The number of phenolic OH excluding ortho intramolecular Hbond substituents is 1. The molecule has 3 heterocycles. The van der Waals surface area contributed by atoms with Gasteiger partial charge in [-0.05, 0) is 18.2 Å². The molecule has 0 atom stereocenters. The third-order valence-electron chi connectivity index (χ3n) is 3.61. The van der Waals surface area contributed by atoms with Crippen LogP contribution in [0.3, 0.4) is 0 Å². The van der Waals surface area contributed by atoms with Crippen LogP contribution < -0.4 is 5.32 Å². The maximum absolute atomic E-state index is 9.71. The van der Waals surface area contributed by atoms with Gasteiger partial charge in [-0.2, -0.15) is 0 Å². The number of anilines is 1. The van der Waals surface area contributed by atoms with Crippen molar-refractivity contribution in [2.75, 3.05) is 11.9 Å². The Morgan fingerprint density at radius 2 is 2.18 bits per heavy atom. The van der Waals surface area contributed by atoms with Crippen LogP contribution in [-0.4, -0.2) is 36.6 Å². The van der Waals surface area contributed by atoms with Crippen molar-refractivity contribution in [1.82, 2.24) is 24.9 Å². The van der Waals surface area contributed by atoms with Gasteiger partial charge in [-0.1, -0.05) is 0 Å². The Bertz CT molecular complexity index is 928. The highest BCUT2D eigenvalue weighted by Crippen LogP contribution is 2.31. The van der Waals surface area contributed by atoms with Crippen LogP contribution in [0.4, 0.5) is 5.82 Å². The van der Waals surface area contributed by atoms with Crippen LogP contribution in [-0.2, 0) is 6.42 Å². The molecular weight excluding hydrogens is 280 g/mol. The van der Waals surface area contributed by atoms with Crippen molar-refractivity contribution in [3.8, 4) is 5.75 Å². The van der Waals surface area contributed by atoms with Crippen LogP contribution in [0.1, 0.15) is 5.69 Å². The fourth-order valence-corrected chi connectivity index (χ4v) is 2.58. The summed E-state index contributed by atoms with van der Waals surface area (Å²) in [5, 5.41) is 14.8. The molecule has 0 aliphatic heterocycles. The Morgan fingerprint density at radius 1 is 1.23 bits per heavy atom. The second kappa shape index (κ2) is 5.03. The van der Waals surface area contributed by atoms with E-state index in [-0.39, 0.29) is 5.75 Å². The van der Waals surface area contributed by atoms with Crippen molar-refractivity contribution in [3.05, 3.63) is 42.7 Å². The number of nitrogens with one attached hydrogen (secondary N) is 3. The lowest BCUT2D eigenvalue weighted by Gasteiger charge is -2.05. The number of phenols is 1. The van der Waals surface area contributed by atoms with Gasteiger partial charge in [0.25, 0.3) is 0 Å². The molecular formula is C15H14N6O. The molecule has 0 saturated carbocycles. The van der Waals surface area contributed by atoms with Crippen molar-refractivity contribution in [2.45, 2.75) is 6.42 Å². The standard InChI is InChI=1S/C15H14N6O/c22-10-1-2-12-11(5-10)13-14(19-8-20-15(13)21-12)17-4-3-9-6-16-7-18-9/h1-2,5-8,22H,3-4H2,(H,16,18)(H2,17,19,20,21). The Hall–Kier alpha value is -3.09. The summed E-state index contributed by atoms with van der Waals surface area (Å²) in [6.07, 6.45) is 5.82. The minimum atomic E-state index is 0.223. The van der Waals surface area contributed by atoms with E-state index >= 15 is 0 Å². The SMILES string of the molecule is Oc1ccc2[nH]c3ncnc(NCCc4cnc[nH]4)c3c2c1. The number of H-pyrrole nitrogens is 2. The van der Waals surface area contributed by atoms with Crippen molar-refractivity contribution in [3.63, 3.8) is 0 Å². The van der Waals surface area contributed by atoms with Gasteiger partial charge in [-0.25, -0.2) is 15.0 Å². The molecule has 7 heteroatoms. The van der Waals surface area contributed by atoms with E-state index in [4.69, 9.17) is 0 Å². The highest BCUT2D eigenvalue weighted by molar-refractivity contribution is 6.11. The quantitative estimate of drug-likeness (QED) is 0.462. The monoisotopic (exact) mass is 294 g/mol. The van der Waals surface area contributed by atoms with Gasteiger partial charge in [0, 0.05) is 35.8 Å². The van der Waals surface area contributed by atoms with E-state index in [1.54, 1.807) is 24.7 Å². The third kappa shape index (κ3) is 2.12. The van der Waals surface area contributed by atoms with E-state index in [0.29, 0.717) is 0 Å². The first kappa shape index (κ1) is 12.6. The van der Waals surface area contributed by atoms with Gasteiger partial charge in [-0.3, -0.25) is 0 Å². The summed E-state index contributed by atoms with van der Waals surface area (Å²) < 4.78 is 0. The average molecular weight is 294 g/mol. The van der Waals surface area contributed by atoms with Crippen molar-refractivity contribution >= 4 is 27.8 Å². The molecule has 0 fully saturated rings.